The van der Waals surface area contributed by atoms with Crippen molar-refractivity contribution in [2.45, 2.75) is 37.5 Å². The lowest BCUT2D eigenvalue weighted by molar-refractivity contribution is 0.0506. The number of nitrogens with zero attached hydrogens (tertiary/aromatic N) is 1. The van der Waals surface area contributed by atoms with Gasteiger partial charge in [0.2, 0.25) is 6.79 Å². The number of aliphatic hydroxyl groups is 1. The van der Waals surface area contributed by atoms with Gasteiger partial charge in [0, 0.05) is 39.1 Å². The van der Waals surface area contributed by atoms with Crippen LogP contribution in [-0.2, 0) is 14.2 Å². The van der Waals surface area contributed by atoms with Crippen LogP contribution in [0.2, 0.25) is 0 Å². The normalized spacial score (nSPS) is 45.2. The quantitative estimate of drug-likeness (QED) is 0.740. The van der Waals surface area contributed by atoms with Crippen LogP contribution >= 0.6 is 0 Å². The molecule has 0 amide bonds. The Hall–Kier alpha value is -1.30. The molecule has 0 spiro atoms. The molecule has 5 nitrogen and oxygen atoms in total. The van der Waals surface area contributed by atoms with Crippen LogP contribution in [0.5, 0.6) is 0 Å². The Kier molecular flexibility index (Phi) is 2.62. The van der Waals surface area contributed by atoms with Gasteiger partial charge in [-0.3, -0.25) is 4.90 Å². The van der Waals surface area contributed by atoms with Crippen molar-refractivity contribution in [1.82, 2.24) is 4.90 Å². The molecule has 3 aliphatic heterocycles. The van der Waals surface area contributed by atoms with Crippen molar-refractivity contribution in [2.24, 2.45) is 5.41 Å². The lowest BCUT2D eigenvalue weighted by Gasteiger charge is -2.48. The maximum atomic E-state index is 10.9. The molecule has 0 aromatic rings. The van der Waals surface area contributed by atoms with Crippen LogP contribution in [0.3, 0.4) is 0 Å². The molecule has 0 aromatic heterocycles. The van der Waals surface area contributed by atoms with E-state index >= 15 is 0 Å². The molecule has 0 saturated carbocycles. The van der Waals surface area contributed by atoms with Crippen molar-refractivity contribution < 1.29 is 19.3 Å². The summed E-state index contributed by atoms with van der Waals surface area (Å²) < 4.78 is 16.8. The van der Waals surface area contributed by atoms with E-state index in [2.05, 4.69) is 17.1 Å². The van der Waals surface area contributed by atoms with Gasteiger partial charge in [0.1, 0.15) is 11.5 Å². The van der Waals surface area contributed by atoms with Crippen molar-refractivity contribution in [1.29, 1.82) is 0 Å². The zero-order chi connectivity index (χ0) is 14.9. The number of hydrogen-bond acceptors (Lipinski definition) is 5. The molecule has 2 unspecified atom stereocenters. The van der Waals surface area contributed by atoms with Crippen LogP contribution in [0.15, 0.2) is 34.8 Å². The summed E-state index contributed by atoms with van der Waals surface area (Å²) in [5.41, 5.74) is 2.53. The summed E-state index contributed by atoms with van der Waals surface area (Å²) in [6, 6.07) is 0.334. The minimum Gasteiger partial charge on any atom is -0.458 e. The van der Waals surface area contributed by atoms with Gasteiger partial charge < -0.3 is 19.3 Å². The van der Waals surface area contributed by atoms with Crippen molar-refractivity contribution >= 4 is 0 Å². The largest absolute Gasteiger partial charge is 0.458 e. The fraction of sp³-hybridized carbons (Fsp3) is 0.647. The molecule has 2 aliphatic carbocycles. The van der Waals surface area contributed by atoms with Crippen LogP contribution in [0.1, 0.15) is 19.3 Å². The van der Waals surface area contributed by atoms with Crippen LogP contribution < -0.4 is 0 Å². The third-order valence-electron chi connectivity index (χ3n) is 6.13. The summed E-state index contributed by atoms with van der Waals surface area (Å²) in [6.07, 6.45) is 6.73. The van der Waals surface area contributed by atoms with E-state index < -0.39 is 0 Å². The lowest BCUT2D eigenvalue weighted by Crippen LogP contribution is -2.51. The van der Waals surface area contributed by atoms with Crippen LogP contribution in [0.25, 0.3) is 0 Å². The van der Waals surface area contributed by atoms with Crippen LogP contribution in [-0.4, -0.2) is 55.2 Å². The molecular weight excluding hydrogens is 282 g/mol. The van der Waals surface area contributed by atoms with Gasteiger partial charge >= 0.3 is 0 Å². The van der Waals surface area contributed by atoms with Gasteiger partial charge in [0.05, 0.1) is 17.6 Å². The zero-order valence-electron chi connectivity index (χ0n) is 12.7. The molecule has 5 heteroatoms. The summed E-state index contributed by atoms with van der Waals surface area (Å²) >= 11 is 0. The molecule has 0 aromatic carbocycles. The predicted octanol–water partition coefficient (Wildman–Crippen LogP) is 1.31. The van der Waals surface area contributed by atoms with Crippen LogP contribution in [0, 0.1) is 5.41 Å². The monoisotopic (exact) mass is 303 g/mol. The molecule has 2 bridgehead atoms. The Morgan fingerprint density at radius 2 is 2.14 bits per heavy atom. The lowest BCUT2D eigenvalue weighted by atomic mass is 9.63. The smallest absolute Gasteiger partial charge is 0.230 e. The van der Waals surface area contributed by atoms with E-state index in [1.807, 2.05) is 0 Å². The second-order valence-electron chi connectivity index (χ2n) is 6.95. The maximum absolute atomic E-state index is 10.9. The fourth-order valence-electron chi connectivity index (χ4n) is 5.08. The van der Waals surface area contributed by atoms with Crippen molar-refractivity contribution in [2.75, 3.05) is 27.0 Å². The summed E-state index contributed by atoms with van der Waals surface area (Å²) in [5, 5.41) is 10.9. The summed E-state index contributed by atoms with van der Waals surface area (Å²) in [5.74, 6) is 1.97. The molecule has 1 fully saturated rings. The van der Waals surface area contributed by atoms with Gasteiger partial charge in [-0.1, -0.05) is 12.2 Å². The minimum atomic E-state index is -0.344. The van der Waals surface area contributed by atoms with E-state index in [-0.39, 0.29) is 17.6 Å². The van der Waals surface area contributed by atoms with E-state index in [0.29, 0.717) is 12.8 Å². The highest BCUT2D eigenvalue weighted by Gasteiger charge is 2.59. The Labute approximate surface area is 129 Å². The first-order chi connectivity index (χ1) is 10.7. The molecule has 1 N–H and O–H groups in total. The molecule has 22 heavy (non-hydrogen) atoms. The molecular formula is C17H21NO4. The average Bonchev–Trinajstić information content (AvgIpc) is 3.06. The Morgan fingerprint density at radius 1 is 1.32 bits per heavy atom. The van der Waals surface area contributed by atoms with E-state index in [9.17, 15) is 5.11 Å². The Morgan fingerprint density at radius 3 is 2.95 bits per heavy atom. The summed E-state index contributed by atoms with van der Waals surface area (Å²) in [4.78, 5) is 2.43. The highest BCUT2D eigenvalue weighted by Crippen LogP contribution is 2.57. The standard InChI is InChI=1S/C17H21NO4/c1-20-11-2-3-17-12-6-14-13(21-9-22-14)4-10(12)7-18(8-16(17)19)15(17)5-11/h2-3,11,15-16,19H,4-9H2,1H3/t11-,15+,16?,17+/m1/s1. The maximum Gasteiger partial charge on any atom is 0.230 e. The van der Waals surface area contributed by atoms with Gasteiger partial charge in [-0.25, -0.2) is 0 Å². The van der Waals surface area contributed by atoms with Crippen molar-refractivity contribution in [3.05, 3.63) is 34.8 Å². The summed E-state index contributed by atoms with van der Waals surface area (Å²) in [7, 11) is 1.76. The summed E-state index contributed by atoms with van der Waals surface area (Å²) in [6.45, 7) is 2.02. The minimum absolute atomic E-state index is 0.150. The molecule has 5 atom stereocenters. The first-order valence-corrected chi connectivity index (χ1v) is 8.05. The highest BCUT2D eigenvalue weighted by atomic mass is 16.7. The molecule has 118 valence electrons. The topological polar surface area (TPSA) is 51.2 Å². The number of hydrogen-bond donors (Lipinski definition) is 1. The Balaban J connectivity index is 1.61. The van der Waals surface area contributed by atoms with Gasteiger partial charge in [0.15, 0.2) is 0 Å². The zero-order valence-corrected chi connectivity index (χ0v) is 12.7. The first kappa shape index (κ1) is 13.2. The van der Waals surface area contributed by atoms with Gasteiger partial charge in [0.25, 0.3) is 0 Å². The average molecular weight is 303 g/mol. The van der Waals surface area contributed by atoms with Gasteiger partial charge in [-0.2, -0.15) is 0 Å². The Bertz CT molecular complexity index is 622. The fourth-order valence-corrected chi connectivity index (χ4v) is 5.08. The molecule has 5 aliphatic rings. The van der Waals surface area contributed by atoms with Gasteiger partial charge in [-0.15, -0.1) is 0 Å². The number of allylic oxidation sites excluding steroid dienone is 2. The number of ether oxygens (including phenoxy) is 3. The molecule has 0 radical (unpaired) electrons. The first-order valence-electron chi connectivity index (χ1n) is 8.05. The third kappa shape index (κ3) is 1.49. The molecule has 3 heterocycles. The van der Waals surface area contributed by atoms with Gasteiger partial charge in [-0.05, 0) is 17.6 Å². The van der Waals surface area contributed by atoms with Crippen molar-refractivity contribution in [3.63, 3.8) is 0 Å². The second kappa shape index (κ2) is 4.37. The highest BCUT2D eigenvalue weighted by molar-refractivity contribution is 5.46. The predicted molar refractivity (Wildman–Crippen MR) is 78.7 cm³/mol. The third-order valence-corrected chi connectivity index (χ3v) is 6.13. The molecule has 5 rings (SSSR count). The van der Waals surface area contributed by atoms with Crippen molar-refractivity contribution in [3.8, 4) is 0 Å². The van der Waals surface area contributed by atoms with Crippen LogP contribution in [0.4, 0.5) is 0 Å². The second-order valence-corrected chi connectivity index (χ2v) is 6.95. The number of aliphatic hydroxyl groups excluding tert-OH is 1. The number of methoxy groups -OCH3 is 1. The van der Waals surface area contributed by atoms with E-state index in [1.54, 1.807) is 7.11 Å². The number of rotatable bonds is 1. The molecule has 1 saturated heterocycles. The SMILES string of the molecule is CO[C@@H]1C=C[C@@]23C4=C(CC5=C(C4)OCO5)CN(CC2O)[C@H]3C1. The van der Waals surface area contributed by atoms with E-state index in [4.69, 9.17) is 14.2 Å². The van der Waals surface area contributed by atoms with E-state index in [0.717, 1.165) is 43.9 Å². The van der Waals surface area contributed by atoms with E-state index in [1.165, 1.54) is 11.1 Å².